The summed E-state index contributed by atoms with van der Waals surface area (Å²) in [4.78, 5) is 12.0. The van der Waals surface area contributed by atoms with E-state index in [-0.39, 0.29) is 5.25 Å². The third kappa shape index (κ3) is 2.53. The molecule has 0 spiro atoms. The van der Waals surface area contributed by atoms with E-state index in [1.165, 1.54) is 0 Å². The molecule has 0 aromatic heterocycles. The van der Waals surface area contributed by atoms with Crippen LogP contribution in [0.5, 0.6) is 0 Å². The van der Waals surface area contributed by atoms with Gasteiger partial charge < -0.3 is 0 Å². The second-order valence-corrected chi connectivity index (χ2v) is 8.52. The first-order valence-corrected chi connectivity index (χ1v) is 9.48. The quantitative estimate of drug-likeness (QED) is 0.773. The van der Waals surface area contributed by atoms with E-state index in [2.05, 4.69) is 0 Å². The van der Waals surface area contributed by atoms with Crippen LogP contribution in [-0.4, -0.2) is 18.9 Å². The number of rotatable bonds is 5. The maximum absolute atomic E-state index is 12.9. The number of carbonyl (C=O) groups excluding carboxylic acids is 1. The van der Waals surface area contributed by atoms with Gasteiger partial charge in [-0.1, -0.05) is 19.4 Å². The molecule has 2 saturated carbocycles. The third-order valence-corrected chi connectivity index (χ3v) is 7.25. The molecule has 0 unspecified atom stereocenters. The highest BCUT2D eigenvalue weighted by Crippen LogP contribution is 2.45. The van der Waals surface area contributed by atoms with Crippen molar-refractivity contribution in [3.63, 3.8) is 0 Å². The minimum Gasteiger partial charge on any atom is -0.276 e. The van der Waals surface area contributed by atoms with Crippen LogP contribution in [0.2, 0.25) is 0 Å². The van der Waals surface area contributed by atoms with Crippen molar-refractivity contribution in [3.8, 4) is 0 Å². The minimum atomic E-state index is -3.33. The van der Waals surface area contributed by atoms with Gasteiger partial charge in [-0.2, -0.15) is 0 Å². The zero-order valence-corrected chi connectivity index (χ0v) is 13.6. The molecule has 1 aromatic rings. The van der Waals surface area contributed by atoms with Crippen molar-refractivity contribution in [3.05, 3.63) is 28.8 Å². The molecule has 2 fully saturated rings. The van der Waals surface area contributed by atoms with Crippen LogP contribution in [0.25, 0.3) is 0 Å². The Labute approximate surface area is 130 Å². The summed E-state index contributed by atoms with van der Waals surface area (Å²) in [5, 5.41) is -0.832. The maximum atomic E-state index is 12.9. The summed E-state index contributed by atoms with van der Waals surface area (Å²) in [7, 11) is -3.33. The summed E-state index contributed by atoms with van der Waals surface area (Å²) in [6.07, 6.45) is 5.18. The molecule has 0 saturated heterocycles. The molecule has 2 aliphatic rings. The van der Waals surface area contributed by atoms with Crippen molar-refractivity contribution >= 4 is 26.7 Å². The number of carbonyl (C=O) groups is 1. The number of hydrogen-bond acceptors (Lipinski definition) is 3. The van der Waals surface area contributed by atoms with Gasteiger partial charge in [-0.15, -0.1) is 0 Å². The molecule has 0 heterocycles. The van der Waals surface area contributed by atoms with E-state index in [4.69, 9.17) is 11.6 Å². The lowest BCUT2D eigenvalue weighted by molar-refractivity contribution is 0.108. The fourth-order valence-electron chi connectivity index (χ4n) is 3.10. The van der Waals surface area contributed by atoms with Gasteiger partial charge in [-0.05, 0) is 66.8 Å². The first-order valence-electron chi connectivity index (χ1n) is 7.56. The molecule has 3 rings (SSSR count). The second-order valence-electron chi connectivity index (χ2n) is 6.01. The van der Waals surface area contributed by atoms with E-state index in [0.29, 0.717) is 28.4 Å². The molecule has 0 bridgehead atoms. The predicted octanol–water partition coefficient (Wildman–Crippen LogP) is 3.83. The topological polar surface area (TPSA) is 51.2 Å². The van der Waals surface area contributed by atoms with Gasteiger partial charge in [0.05, 0.1) is 10.1 Å². The van der Waals surface area contributed by atoms with Gasteiger partial charge >= 0.3 is 0 Å². The summed E-state index contributed by atoms with van der Waals surface area (Å²) in [6.45, 7) is 1.88. The molecule has 0 atom stereocenters. The average Bonchev–Trinajstić information content (AvgIpc) is 3.19. The van der Waals surface area contributed by atoms with Crippen molar-refractivity contribution in [1.29, 1.82) is 0 Å². The fourth-order valence-corrected chi connectivity index (χ4v) is 5.53. The molecule has 21 heavy (non-hydrogen) atoms. The molecule has 2 aliphatic carbocycles. The standard InChI is InChI=1S/C16H19ClO3S/c1-2-12-14(16(17)18)9-8-13(10-4-3-5-10)15(12)21(19,20)11-6-7-11/h8-11H,2-7H2,1H3. The van der Waals surface area contributed by atoms with Crippen LogP contribution in [0, 0.1) is 0 Å². The SMILES string of the molecule is CCc1c(C(=O)Cl)ccc(C2CCC2)c1S(=O)(=O)C1CC1. The first kappa shape index (κ1) is 15.0. The summed E-state index contributed by atoms with van der Waals surface area (Å²) in [5.41, 5.74) is 1.87. The smallest absolute Gasteiger partial charge is 0.252 e. The molecule has 3 nitrogen and oxygen atoms in total. The Morgan fingerprint density at radius 3 is 2.33 bits per heavy atom. The van der Waals surface area contributed by atoms with Crippen LogP contribution in [-0.2, 0) is 16.3 Å². The number of benzene rings is 1. The van der Waals surface area contributed by atoms with Crippen LogP contribution in [0.4, 0.5) is 0 Å². The van der Waals surface area contributed by atoms with Crippen LogP contribution in [0.1, 0.15) is 66.4 Å². The Hall–Kier alpha value is -0.870. The molecular formula is C16H19ClO3S. The normalized spacial score (nSPS) is 19.3. The third-order valence-electron chi connectivity index (χ3n) is 4.65. The summed E-state index contributed by atoms with van der Waals surface area (Å²) in [5.74, 6) is 0.318. The van der Waals surface area contributed by atoms with Gasteiger partial charge in [0.15, 0.2) is 9.84 Å². The Morgan fingerprint density at radius 1 is 1.24 bits per heavy atom. The summed E-state index contributed by atoms with van der Waals surface area (Å²) < 4.78 is 25.7. The van der Waals surface area contributed by atoms with Crippen LogP contribution >= 0.6 is 11.6 Å². The van der Waals surface area contributed by atoms with Crippen LogP contribution in [0.15, 0.2) is 17.0 Å². The molecular weight excluding hydrogens is 308 g/mol. The highest BCUT2D eigenvalue weighted by Gasteiger charge is 2.41. The maximum Gasteiger partial charge on any atom is 0.252 e. The van der Waals surface area contributed by atoms with Crippen molar-refractivity contribution in [2.75, 3.05) is 0 Å². The Morgan fingerprint density at radius 2 is 1.90 bits per heavy atom. The average molecular weight is 327 g/mol. The van der Waals surface area contributed by atoms with Crippen molar-refractivity contribution < 1.29 is 13.2 Å². The highest BCUT2D eigenvalue weighted by atomic mass is 35.5. The largest absolute Gasteiger partial charge is 0.276 e. The summed E-state index contributed by atoms with van der Waals surface area (Å²) in [6, 6.07) is 3.52. The lowest BCUT2D eigenvalue weighted by atomic mass is 9.79. The van der Waals surface area contributed by atoms with E-state index in [1.54, 1.807) is 6.07 Å². The zero-order valence-electron chi connectivity index (χ0n) is 12.1. The van der Waals surface area contributed by atoms with Gasteiger partial charge in [0.25, 0.3) is 5.24 Å². The molecule has 5 heteroatoms. The van der Waals surface area contributed by atoms with Crippen molar-refractivity contribution in [1.82, 2.24) is 0 Å². The predicted molar refractivity (Wildman–Crippen MR) is 82.8 cm³/mol. The monoisotopic (exact) mass is 326 g/mol. The lowest BCUT2D eigenvalue weighted by Crippen LogP contribution is -2.19. The van der Waals surface area contributed by atoms with E-state index >= 15 is 0 Å². The zero-order chi connectivity index (χ0) is 15.2. The van der Waals surface area contributed by atoms with E-state index in [1.807, 2.05) is 13.0 Å². The summed E-state index contributed by atoms with van der Waals surface area (Å²) >= 11 is 5.65. The number of halogens is 1. The molecule has 0 amide bonds. The van der Waals surface area contributed by atoms with Gasteiger partial charge in [0.1, 0.15) is 0 Å². The molecule has 0 radical (unpaired) electrons. The fraction of sp³-hybridized carbons (Fsp3) is 0.562. The van der Waals surface area contributed by atoms with Gasteiger partial charge in [-0.25, -0.2) is 8.42 Å². The van der Waals surface area contributed by atoms with Crippen molar-refractivity contribution in [2.45, 2.75) is 61.5 Å². The van der Waals surface area contributed by atoms with E-state index in [9.17, 15) is 13.2 Å². The number of sulfone groups is 1. The van der Waals surface area contributed by atoms with E-state index < -0.39 is 15.1 Å². The minimum absolute atomic E-state index is 0.262. The van der Waals surface area contributed by atoms with Gasteiger partial charge in [0, 0.05) is 5.56 Å². The Balaban J connectivity index is 2.24. The number of hydrogen-bond donors (Lipinski definition) is 0. The van der Waals surface area contributed by atoms with Crippen LogP contribution < -0.4 is 0 Å². The van der Waals surface area contributed by atoms with Gasteiger partial charge in [0.2, 0.25) is 0 Å². The highest BCUT2D eigenvalue weighted by molar-refractivity contribution is 7.92. The molecule has 1 aromatic carbocycles. The van der Waals surface area contributed by atoms with Gasteiger partial charge in [-0.3, -0.25) is 4.79 Å². The molecule has 114 valence electrons. The molecule has 0 N–H and O–H groups in total. The first-order chi connectivity index (χ1) is 9.96. The van der Waals surface area contributed by atoms with E-state index in [0.717, 1.165) is 37.7 Å². The Bertz CT molecular complexity index is 686. The second kappa shape index (κ2) is 5.40. The Kier molecular flexibility index (Phi) is 3.87. The molecule has 0 aliphatic heterocycles. The van der Waals surface area contributed by atoms with Crippen molar-refractivity contribution in [2.24, 2.45) is 0 Å². The van der Waals surface area contributed by atoms with Crippen LogP contribution in [0.3, 0.4) is 0 Å². The lowest BCUT2D eigenvalue weighted by Gasteiger charge is -2.29.